The molecule has 15 heavy (non-hydrogen) atoms. The Morgan fingerprint density at radius 1 is 1.13 bits per heavy atom. The van der Waals surface area contributed by atoms with E-state index in [1.54, 1.807) is 7.11 Å². The summed E-state index contributed by atoms with van der Waals surface area (Å²) in [6, 6.07) is 8.09. The van der Waals surface area contributed by atoms with E-state index in [9.17, 15) is 0 Å². The van der Waals surface area contributed by atoms with Gasteiger partial charge in [-0.15, -0.1) is 0 Å². The van der Waals surface area contributed by atoms with E-state index in [1.807, 2.05) is 18.2 Å². The lowest BCUT2D eigenvalue weighted by Crippen LogP contribution is -2.04. The molecule has 0 radical (unpaired) electrons. The molecule has 0 heterocycles. The van der Waals surface area contributed by atoms with Crippen molar-refractivity contribution < 1.29 is 9.47 Å². The fourth-order valence-corrected chi connectivity index (χ4v) is 1.38. The molecule has 0 bridgehead atoms. The van der Waals surface area contributed by atoms with Crippen LogP contribution < -0.4 is 5.73 Å². The van der Waals surface area contributed by atoms with Gasteiger partial charge in [0.1, 0.15) is 0 Å². The van der Waals surface area contributed by atoms with Gasteiger partial charge in [-0.05, 0) is 17.5 Å². The molecule has 0 atom stereocenters. The Kier molecular flexibility index (Phi) is 6.00. The Labute approximate surface area is 91.2 Å². The quantitative estimate of drug-likeness (QED) is 0.695. The summed E-state index contributed by atoms with van der Waals surface area (Å²) < 4.78 is 10.5. The molecular formula is C12H19NO2. The summed E-state index contributed by atoms with van der Waals surface area (Å²) in [6.45, 7) is 2.68. The Morgan fingerprint density at radius 3 is 2.53 bits per heavy atom. The van der Waals surface area contributed by atoms with Gasteiger partial charge in [0.25, 0.3) is 0 Å². The molecule has 3 nitrogen and oxygen atoms in total. The monoisotopic (exact) mass is 209 g/mol. The molecule has 0 unspecified atom stereocenters. The van der Waals surface area contributed by atoms with Crippen molar-refractivity contribution in [3.05, 3.63) is 35.4 Å². The van der Waals surface area contributed by atoms with Gasteiger partial charge >= 0.3 is 0 Å². The van der Waals surface area contributed by atoms with E-state index in [4.69, 9.17) is 15.2 Å². The summed E-state index contributed by atoms with van der Waals surface area (Å²) in [6.07, 6.45) is 0.932. The van der Waals surface area contributed by atoms with Gasteiger partial charge in [0.2, 0.25) is 0 Å². The van der Waals surface area contributed by atoms with Crippen LogP contribution in [0.5, 0.6) is 0 Å². The maximum Gasteiger partial charge on any atom is 0.0720 e. The summed E-state index contributed by atoms with van der Waals surface area (Å²) in [7, 11) is 1.70. The van der Waals surface area contributed by atoms with Crippen molar-refractivity contribution in [3.8, 4) is 0 Å². The van der Waals surface area contributed by atoms with Crippen molar-refractivity contribution in [1.29, 1.82) is 0 Å². The van der Waals surface area contributed by atoms with Gasteiger partial charge in [-0.3, -0.25) is 0 Å². The zero-order valence-corrected chi connectivity index (χ0v) is 9.24. The van der Waals surface area contributed by atoms with E-state index in [1.165, 1.54) is 5.56 Å². The minimum absolute atomic E-state index is 0.567. The van der Waals surface area contributed by atoms with Gasteiger partial charge in [0, 0.05) is 26.9 Å². The number of hydrogen-bond donors (Lipinski definition) is 1. The van der Waals surface area contributed by atoms with Crippen LogP contribution in [0.2, 0.25) is 0 Å². The third-order valence-corrected chi connectivity index (χ3v) is 2.23. The fraction of sp³-hybridized carbons (Fsp3) is 0.500. The molecule has 1 aromatic rings. The van der Waals surface area contributed by atoms with E-state index in [0.717, 1.165) is 25.2 Å². The van der Waals surface area contributed by atoms with Gasteiger partial charge < -0.3 is 15.2 Å². The maximum atomic E-state index is 5.63. The minimum Gasteiger partial charge on any atom is -0.385 e. The van der Waals surface area contributed by atoms with Crippen LogP contribution in [0.15, 0.2) is 24.3 Å². The van der Waals surface area contributed by atoms with Crippen LogP contribution in [-0.4, -0.2) is 20.3 Å². The highest BCUT2D eigenvalue weighted by molar-refractivity contribution is 5.26. The van der Waals surface area contributed by atoms with E-state index in [0.29, 0.717) is 13.2 Å². The van der Waals surface area contributed by atoms with Crippen LogP contribution in [0.25, 0.3) is 0 Å². The van der Waals surface area contributed by atoms with E-state index < -0.39 is 0 Å². The molecular weight excluding hydrogens is 190 g/mol. The summed E-state index contributed by atoms with van der Waals surface area (Å²) in [5, 5.41) is 0. The molecule has 1 rings (SSSR count). The molecule has 84 valence electrons. The molecule has 0 saturated carbocycles. The zero-order valence-electron chi connectivity index (χ0n) is 9.24. The molecule has 0 aliphatic heterocycles. The first-order chi connectivity index (χ1) is 7.38. The molecule has 0 amide bonds. The number of hydrogen-bond acceptors (Lipinski definition) is 3. The zero-order chi connectivity index (χ0) is 10.9. The first-order valence-corrected chi connectivity index (χ1v) is 5.22. The Bertz CT molecular complexity index is 276. The first kappa shape index (κ1) is 12.2. The predicted molar refractivity (Wildman–Crippen MR) is 60.5 cm³/mol. The van der Waals surface area contributed by atoms with Crippen LogP contribution in [0.1, 0.15) is 17.5 Å². The molecule has 0 fully saturated rings. The van der Waals surface area contributed by atoms with E-state index >= 15 is 0 Å². The average molecular weight is 209 g/mol. The predicted octanol–water partition coefficient (Wildman–Crippen LogP) is 1.70. The van der Waals surface area contributed by atoms with Crippen molar-refractivity contribution >= 4 is 0 Å². The van der Waals surface area contributed by atoms with Gasteiger partial charge in [0.15, 0.2) is 0 Å². The summed E-state index contributed by atoms with van der Waals surface area (Å²) >= 11 is 0. The van der Waals surface area contributed by atoms with Crippen LogP contribution in [0, 0.1) is 0 Å². The van der Waals surface area contributed by atoms with Crippen LogP contribution in [0.4, 0.5) is 0 Å². The first-order valence-electron chi connectivity index (χ1n) is 5.22. The van der Waals surface area contributed by atoms with Gasteiger partial charge in [-0.25, -0.2) is 0 Å². The molecule has 0 saturated heterocycles. The average Bonchev–Trinajstić information content (AvgIpc) is 2.29. The van der Waals surface area contributed by atoms with Crippen LogP contribution >= 0.6 is 0 Å². The van der Waals surface area contributed by atoms with Crippen LogP contribution in [0.3, 0.4) is 0 Å². The van der Waals surface area contributed by atoms with Crippen molar-refractivity contribution in [1.82, 2.24) is 0 Å². The van der Waals surface area contributed by atoms with E-state index in [-0.39, 0.29) is 0 Å². The Morgan fingerprint density at radius 2 is 1.87 bits per heavy atom. The second-order valence-electron chi connectivity index (χ2n) is 3.37. The normalized spacial score (nSPS) is 10.5. The van der Waals surface area contributed by atoms with Gasteiger partial charge in [0.05, 0.1) is 6.61 Å². The van der Waals surface area contributed by atoms with Crippen molar-refractivity contribution in [2.45, 2.75) is 19.6 Å². The molecule has 0 aromatic heterocycles. The highest BCUT2D eigenvalue weighted by Crippen LogP contribution is 2.09. The lowest BCUT2D eigenvalue weighted by Gasteiger charge is -2.08. The fourth-order valence-electron chi connectivity index (χ4n) is 1.38. The van der Waals surface area contributed by atoms with Crippen molar-refractivity contribution in [3.63, 3.8) is 0 Å². The second-order valence-corrected chi connectivity index (χ2v) is 3.37. The molecule has 2 N–H and O–H groups in total. The topological polar surface area (TPSA) is 44.5 Å². The number of ether oxygens (including phenoxy) is 2. The summed E-state index contributed by atoms with van der Waals surface area (Å²) in [5.41, 5.74) is 7.96. The lowest BCUT2D eigenvalue weighted by atomic mass is 10.1. The SMILES string of the molecule is COCCCOCc1ccccc1CN. The molecule has 0 spiro atoms. The molecule has 3 heteroatoms. The summed E-state index contributed by atoms with van der Waals surface area (Å²) in [5.74, 6) is 0. The number of nitrogens with two attached hydrogens (primary N) is 1. The third-order valence-electron chi connectivity index (χ3n) is 2.23. The standard InChI is InChI=1S/C12H19NO2/c1-14-7-4-8-15-10-12-6-3-2-5-11(12)9-13/h2-3,5-6H,4,7-10,13H2,1H3. The number of rotatable bonds is 7. The molecule has 1 aromatic carbocycles. The van der Waals surface area contributed by atoms with E-state index in [2.05, 4.69) is 6.07 Å². The second kappa shape index (κ2) is 7.40. The highest BCUT2D eigenvalue weighted by atomic mass is 16.5. The van der Waals surface area contributed by atoms with Gasteiger partial charge in [-0.1, -0.05) is 24.3 Å². The van der Waals surface area contributed by atoms with Gasteiger partial charge in [-0.2, -0.15) is 0 Å². The third kappa shape index (κ3) is 4.42. The summed E-state index contributed by atoms with van der Waals surface area (Å²) in [4.78, 5) is 0. The van der Waals surface area contributed by atoms with Crippen molar-refractivity contribution in [2.24, 2.45) is 5.73 Å². The maximum absolute atomic E-state index is 5.63. The molecule has 0 aliphatic rings. The number of benzene rings is 1. The smallest absolute Gasteiger partial charge is 0.0720 e. The number of methoxy groups -OCH3 is 1. The Hall–Kier alpha value is -0.900. The largest absolute Gasteiger partial charge is 0.385 e. The van der Waals surface area contributed by atoms with Crippen molar-refractivity contribution in [2.75, 3.05) is 20.3 Å². The lowest BCUT2D eigenvalue weighted by molar-refractivity contribution is 0.0925. The highest BCUT2D eigenvalue weighted by Gasteiger charge is 1.99. The van der Waals surface area contributed by atoms with Crippen LogP contribution in [-0.2, 0) is 22.6 Å². The molecule has 0 aliphatic carbocycles. The Balaban J connectivity index is 2.30. The minimum atomic E-state index is 0.567.